The highest BCUT2D eigenvalue weighted by atomic mass is 32.2. The van der Waals surface area contributed by atoms with Crippen molar-refractivity contribution in [2.24, 2.45) is 0 Å². The van der Waals surface area contributed by atoms with E-state index >= 15 is 0 Å². The van der Waals surface area contributed by atoms with Gasteiger partial charge in [0.1, 0.15) is 11.6 Å². The van der Waals surface area contributed by atoms with Gasteiger partial charge in [0.25, 0.3) is 0 Å². The zero-order chi connectivity index (χ0) is 20.4. The van der Waals surface area contributed by atoms with Gasteiger partial charge in [0.2, 0.25) is 10.0 Å². The van der Waals surface area contributed by atoms with Crippen LogP contribution in [0.3, 0.4) is 0 Å². The number of piperazine rings is 1. The van der Waals surface area contributed by atoms with Crippen LogP contribution in [0.2, 0.25) is 0 Å². The second kappa shape index (κ2) is 7.76. The van der Waals surface area contributed by atoms with Crippen molar-refractivity contribution in [3.63, 3.8) is 0 Å². The number of carbonyl (C=O) groups is 1. The van der Waals surface area contributed by atoms with E-state index in [1.807, 2.05) is 18.2 Å². The molecule has 1 aromatic heterocycles. The van der Waals surface area contributed by atoms with Crippen LogP contribution in [-0.2, 0) is 14.8 Å². The van der Waals surface area contributed by atoms with E-state index in [-0.39, 0.29) is 4.90 Å². The van der Waals surface area contributed by atoms with E-state index in [4.69, 9.17) is 9.84 Å². The third kappa shape index (κ3) is 4.26. The highest BCUT2D eigenvalue weighted by molar-refractivity contribution is 7.89. The Labute approximate surface area is 164 Å². The number of sulfonamides is 1. The number of rotatable bonds is 6. The Bertz CT molecular complexity index is 922. The third-order valence-electron chi connectivity index (χ3n) is 4.56. The van der Waals surface area contributed by atoms with Gasteiger partial charge in [-0.25, -0.2) is 18.2 Å². The summed E-state index contributed by atoms with van der Waals surface area (Å²) in [5.74, 6) is 0.0309. The van der Waals surface area contributed by atoms with Crippen LogP contribution in [0.5, 0.6) is 5.75 Å². The molecule has 2 aromatic rings. The number of nitrogens with zero attached hydrogens (tertiary/aromatic N) is 3. The van der Waals surface area contributed by atoms with Crippen molar-refractivity contribution in [2.45, 2.75) is 24.3 Å². The van der Waals surface area contributed by atoms with Gasteiger partial charge in [-0.05, 0) is 50.2 Å². The number of aromatic nitrogens is 1. The van der Waals surface area contributed by atoms with Crippen molar-refractivity contribution in [1.82, 2.24) is 9.29 Å². The van der Waals surface area contributed by atoms with E-state index in [0.717, 1.165) is 5.82 Å². The average Bonchev–Trinajstić information content (AvgIpc) is 2.69. The molecule has 1 aromatic carbocycles. The Kier molecular flexibility index (Phi) is 5.57. The summed E-state index contributed by atoms with van der Waals surface area (Å²) in [6, 6.07) is 11.5. The number of pyridine rings is 1. The smallest absolute Gasteiger partial charge is 0.347 e. The van der Waals surface area contributed by atoms with E-state index in [9.17, 15) is 13.2 Å². The maximum atomic E-state index is 12.9. The van der Waals surface area contributed by atoms with Crippen molar-refractivity contribution in [2.75, 3.05) is 31.1 Å². The summed E-state index contributed by atoms with van der Waals surface area (Å²) >= 11 is 0. The summed E-state index contributed by atoms with van der Waals surface area (Å²) < 4.78 is 32.6. The molecule has 1 aliphatic heterocycles. The van der Waals surface area contributed by atoms with E-state index < -0.39 is 21.6 Å². The molecule has 0 aliphatic carbocycles. The molecule has 0 spiro atoms. The van der Waals surface area contributed by atoms with Crippen LogP contribution in [0.15, 0.2) is 53.6 Å². The van der Waals surface area contributed by atoms with Gasteiger partial charge in [-0.15, -0.1) is 0 Å². The molecule has 1 saturated heterocycles. The monoisotopic (exact) mass is 405 g/mol. The molecule has 28 heavy (non-hydrogen) atoms. The molecule has 2 heterocycles. The fourth-order valence-electron chi connectivity index (χ4n) is 2.87. The van der Waals surface area contributed by atoms with Crippen LogP contribution < -0.4 is 9.64 Å². The van der Waals surface area contributed by atoms with Gasteiger partial charge < -0.3 is 14.7 Å². The lowest BCUT2D eigenvalue weighted by Gasteiger charge is -2.34. The predicted octanol–water partition coefficient (Wildman–Crippen LogP) is 1.83. The molecule has 9 heteroatoms. The minimum Gasteiger partial charge on any atom is -0.478 e. The lowest BCUT2D eigenvalue weighted by atomic mass is 10.1. The Morgan fingerprint density at radius 2 is 1.71 bits per heavy atom. The van der Waals surface area contributed by atoms with E-state index in [0.29, 0.717) is 31.9 Å². The maximum absolute atomic E-state index is 12.9. The zero-order valence-corrected chi connectivity index (χ0v) is 16.6. The molecular weight excluding hydrogens is 382 g/mol. The van der Waals surface area contributed by atoms with Gasteiger partial charge in [-0.1, -0.05) is 6.07 Å². The summed E-state index contributed by atoms with van der Waals surface area (Å²) in [6.45, 7) is 4.71. The van der Waals surface area contributed by atoms with Crippen LogP contribution in [0.1, 0.15) is 13.8 Å². The average molecular weight is 405 g/mol. The van der Waals surface area contributed by atoms with Crippen molar-refractivity contribution in [3.8, 4) is 5.75 Å². The Morgan fingerprint density at radius 3 is 2.25 bits per heavy atom. The first kappa shape index (κ1) is 20.1. The van der Waals surface area contributed by atoms with E-state index in [1.165, 1.54) is 42.4 Å². The molecule has 1 N–H and O–H groups in total. The first-order valence-corrected chi connectivity index (χ1v) is 10.3. The molecule has 0 unspecified atom stereocenters. The topological polar surface area (TPSA) is 100 Å². The summed E-state index contributed by atoms with van der Waals surface area (Å²) in [7, 11) is -3.63. The van der Waals surface area contributed by atoms with Crippen molar-refractivity contribution in [1.29, 1.82) is 0 Å². The molecular formula is C19H23N3O5S. The van der Waals surface area contributed by atoms with Gasteiger partial charge in [0.15, 0.2) is 5.60 Å². The number of hydrogen-bond acceptors (Lipinski definition) is 6. The Hall–Kier alpha value is -2.65. The molecule has 1 aliphatic rings. The predicted molar refractivity (Wildman–Crippen MR) is 104 cm³/mol. The summed E-state index contributed by atoms with van der Waals surface area (Å²) in [4.78, 5) is 17.7. The fraction of sp³-hybridized carbons (Fsp3) is 0.368. The Morgan fingerprint density at radius 1 is 1.07 bits per heavy atom. The maximum Gasteiger partial charge on any atom is 0.347 e. The molecule has 8 nitrogen and oxygen atoms in total. The molecule has 0 atom stereocenters. The highest BCUT2D eigenvalue weighted by Gasteiger charge is 2.31. The largest absolute Gasteiger partial charge is 0.478 e. The highest BCUT2D eigenvalue weighted by Crippen LogP contribution is 2.24. The van der Waals surface area contributed by atoms with Gasteiger partial charge >= 0.3 is 5.97 Å². The van der Waals surface area contributed by atoms with E-state index in [2.05, 4.69) is 9.88 Å². The molecule has 3 rings (SSSR count). The fourth-order valence-corrected chi connectivity index (χ4v) is 4.29. The van der Waals surface area contributed by atoms with Crippen LogP contribution in [0, 0.1) is 0 Å². The summed E-state index contributed by atoms with van der Waals surface area (Å²) in [5, 5.41) is 9.12. The molecule has 1 fully saturated rings. The number of benzene rings is 1. The first-order chi connectivity index (χ1) is 13.2. The van der Waals surface area contributed by atoms with Gasteiger partial charge in [0, 0.05) is 32.4 Å². The lowest BCUT2D eigenvalue weighted by molar-refractivity contribution is -0.152. The minimum atomic E-state index is -3.63. The minimum absolute atomic E-state index is 0.152. The van der Waals surface area contributed by atoms with Gasteiger partial charge in [0.05, 0.1) is 4.90 Å². The molecule has 0 saturated carbocycles. The standard InChI is InChI=1S/C19H23N3O5S/c1-19(2,18(23)24)27-15-6-8-16(9-7-15)28(25,26)22-13-11-21(12-14-22)17-5-3-4-10-20-17/h3-10H,11-14H2,1-2H3,(H,23,24). The number of carboxylic acids is 1. The molecule has 150 valence electrons. The van der Waals surface area contributed by atoms with Gasteiger partial charge in [-0.2, -0.15) is 4.31 Å². The number of hydrogen-bond donors (Lipinski definition) is 1. The van der Waals surface area contributed by atoms with Crippen molar-refractivity contribution < 1.29 is 23.1 Å². The number of carboxylic acid groups (broad SMARTS) is 1. The second-order valence-electron chi connectivity index (χ2n) is 6.97. The van der Waals surface area contributed by atoms with Crippen LogP contribution >= 0.6 is 0 Å². The molecule has 0 amide bonds. The SMILES string of the molecule is CC(C)(Oc1ccc(S(=O)(=O)N2CCN(c3ccccn3)CC2)cc1)C(=O)O. The molecule has 0 bridgehead atoms. The first-order valence-electron chi connectivity index (χ1n) is 8.89. The lowest BCUT2D eigenvalue weighted by Crippen LogP contribution is -2.48. The normalized spacial score (nSPS) is 16.0. The van der Waals surface area contributed by atoms with Crippen molar-refractivity contribution >= 4 is 21.8 Å². The van der Waals surface area contributed by atoms with Crippen LogP contribution in [0.25, 0.3) is 0 Å². The number of ether oxygens (including phenoxy) is 1. The van der Waals surface area contributed by atoms with Crippen LogP contribution in [-0.4, -0.2) is 60.6 Å². The molecule has 0 radical (unpaired) electrons. The van der Waals surface area contributed by atoms with Crippen molar-refractivity contribution in [3.05, 3.63) is 48.7 Å². The summed E-state index contributed by atoms with van der Waals surface area (Å²) in [6.07, 6.45) is 1.72. The third-order valence-corrected chi connectivity index (χ3v) is 6.47. The second-order valence-corrected chi connectivity index (χ2v) is 8.91. The summed E-state index contributed by atoms with van der Waals surface area (Å²) in [5.41, 5.74) is -1.40. The number of aliphatic carboxylic acids is 1. The van der Waals surface area contributed by atoms with Gasteiger partial charge in [-0.3, -0.25) is 0 Å². The number of anilines is 1. The zero-order valence-electron chi connectivity index (χ0n) is 15.8. The van der Waals surface area contributed by atoms with Crippen LogP contribution in [0.4, 0.5) is 5.82 Å². The van der Waals surface area contributed by atoms with E-state index in [1.54, 1.807) is 6.20 Å². The quantitative estimate of drug-likeness (QED) is 0.783. The Balaban J connectivity index is 1.67.